The summed E-state index contributed by atoms with van der Waals surface area (Å²) in [5, 5.41) is 3.95. The highest BCUT2D eigenvalue weighted by atomic mass is 16.5. The first-order valence-corrected chi connectivity index (χ1v) is 9.19. The molecular formula is C22H27N2O3+. The van der Waals surface area contributed by atoms with Gasteiger partial charge in [-0.3, -0.25) is 4.79 Å². The third kappa shape index (κ3) is 4.31. The van der Waals surface area contributed by atoms with Gasteiger partial charge in [-0.2, -0.15) is 0 Å². The van der Waals surface area contributed by atoms with Gasteiger partial charge in [0, 0.05) is 17.4 Å². The summed E-state index contributed by atoms with van der Waals surface area (Å²) in [6.07, 6.45) is 0.903. The second kappa shape index (κ2) is 8.27. The van der Waals surface area contributed by atoms with E-state index < -0.39 is 0 Å². The SMILES string of the molecule is COc1ccc2oc(C(=O)NC[C@H](Cc3ccccc3)[NH+](C)C)c(C)c2c1. The van der Waals surface area contributed by atoms with Crippen LogP contribution >= 0.6 is 0 Å². The van der Waals surface area contributed by atoms with E-state index in [4.69, 9.17) is 9.15 Å². The summed E-state index contributed by atoms with van der Waals surface area (Å²) in [5.41, 5.74) is 2.79. The van der Waals surface area contributed by atoms with Crippen molar-refractivity contribution >= 4 is 16.9 Å². The zero-order valence-electron chi connectivity index (χ0n) is 16.3. The highest BCUT2D eigenvalue weighted by molar-refractivity contribution is 5.99. The summed E-state index contributed by atoms with van der Waals surface area (Å²) >= 11 is 0. The largest absolute Gasteiger partial charge is 0.497 e. The van der Waals surface area contributed by atoms with Crippen molar-refractivity contribution in [2.45, 2.75) is 19.4 Å². The van der Waals surface area contributed by atoms with Crippen molar-refractivity contribution in [1.82, 2.24) is 5.32 Å². The molecule has 1 heterocycles. The summed E-state index contributed by atoms with van der Waals surface area (Å²) < 4.78 is 11.1. The molecule has 0 saturated carbocycles. The van der Waals surface area contributed by atoms with Gasteiger partial charge < -0.3 is 19.4 Å². The van der Waals surface area contributed by atoms with Crippen molar-refractivity contribution in [3.63, 3.8) is 0 Å². The molecule has 5 heteroatoms. The van der Waals surface area contributed by atoms with Gasteiger partial charge in [-0.15, -0.1) is 0 Å². The summed E-state index contributed by atoms with van der Waals surface area (Å²) in [6.45, 7) is 2.48. The fourth-order valence-corrected chi connectivity index (χ4v) is 3.22. The van der Waals surface area contributed by atoms with Crippen LogP contribution in [0.25, 0.3) is 11.0 Å². The molecule has 3 aromatic rings. The van der Waals surface area contributed by atoms with Gasteiger partial charge in [0.1, 0.15) is 17.4 Å². The van der Waals surface area contributed by atoms with Crippen molar-refractivity contribution < 1.29 is 18.8 Å². The van der Waals surface area contributed by atoms with Crippen LogP contribution in [0.15, 0.2) is 52.9 Å². The van der Waals surface area contributed by atoms with Gasteiger partial charge in [0.25, 0.3) is 5.91 Å². The van der Waals surface area contributed by atoms with Gasteiger partial charge in [-0.25, -0.2) is 0 Å². The number of nitrogens with one attached hydrogen (secondary N) is 2. The predicted molar refractivity (Wildman–Crippen MR) is 107 cm³/mol. The second-order valence-corrected chi connectivity index (χ2v) is 7.09. The van der Waals surface area contributed by atoms with Crippen LogP contribution in [0.2, 0.25) is 0 Å². The fraction of sp³-hybridized carbons (Fsp3) is 0.318. The number of ether oxygens (including phenoxy) is 1. The van der Waals surface area contributed by atoms with E-state index in [1.807, 2.05) is 43.3 Å². The molecule has 142 valence electrons. The monoisotopic (exact) mass is 367 g/mol. The lowest BCUT2D eigenvalue weighted by atomic mass is 10.1. The van der Waals surface area contributed by atoms with Crippen molar-refractivity contribution in [2.75, 3.05) is 27.7 Å². The number of likely N-dealkylation sites (N-methyl/N-ethyl adjacent to an activating group) is 1. The van der Waals surface area contributed by atoms with E-state index in [9.17, 15) is 4.79 Å². The Labute approximate surface area is 159 Å². The maximum atomic E-state index is 12.7. The third-order valence-electron chi connectivity index (χ3n) is 5.00. The molecule has 5 nitrogen and oxygen atoms in total. The van der Waals surface area contributed by atoms with Crippen molar-refractivity contribution in [1.29, 1.82) is 0 Å². The molecule has 0 spiro atoms. The quantitative estimate of drug-likeness (QED) is 0.673. The van der Waals surface area contributed by atoms with E-state index in [1.165, 1.54) is 10.5 Å². The van der Waals surface area contributed by atoms with E-state index in [2.05, 4.69) is 31.5 Å². The molecule has 0 aliphatic heterocycles. The van der Waals surface area contributed by atoms with E-state index in [1.54, 1.807) is 7.11 Å². The number of hydrogen-bond acceptors (Lipinski definition) is 3. The average molecular weight is 367 g/mol. The Hall–Kier alpha value is -2.79. The zero-order chi connectivity index (χ0) is 19.4. The molecule has 0 bridgehead atoms. The molecule has 2 aromatic carbocycles. The zero-order valence-corrected chi connectivity index (χ0v) is 16.3. The van der Waals surface area contributed by atoms with Crippen LogP contribution in [0.5, 0.6) is 5.75 Å². The Morgan fingerprint density at radius 1 is 1.19 bits per heavy atom. The number of benzene rings is 2. The van der Waals surface area contributed by atoms with Crippen LogP contribution in [0, 0.1) is 6.92 Å². The number of fused-ring (bicyclic) bond motifs is 1. The van der Waals surface area contributed by atoms with Crippen LogP contribution in [0.3, 0.4) is 0 Å². The highest BCUT2D eigenvalue weighted by Gasteiger charge is 2.21. The van der Waals surface area contributed by atoms with Crippen molar-refractivity contribution in [3.05, 3.63) is 65.4 Å². The van der Waals surface area contributed by atoms with E-state index in [0.29, 0.717) is 17.9 Å². The fourth-order valence-electron chi connectivity index (χ4n) is 3.22. The van der Waals surface area contributed by atoms with E-state index in [0.717, 1.165) is 23.1 Å². The first-order chi connectivity index (χ1) is 13.0. The van der Waals surface area contributed by atoms with Crippen molar-refractivity contribution in [3.8, 4) is 5.75 Å². The minimum Gasteiger partial charge on any atom is -0.497 e. The minimum absolute atomic E-state index is 0.179. The Bertz CT molecular complexity index is 916. The van der Waals surface area contributed by atoms with Crippen LogP contribution in [0.4, 0.5) is 0 Å². The van der Waals surface area contributed by atoms with Gasteiger partial charge in [0.2, 0.25) is 0 Å². The molecule has 0 aliphatic carbocycles. The molecule has 0 aliphatic rings. The van der Waals surface area contributed by atoms with E-state index in [-0.39, 0.29) is 11.9 Å². The molecule has 0 saturated heterocycles. The number of quaternary nitrogens is 1. The van der Waals surface area contributed by atoms with Crippen molar-refractivity contribution in [2.24, 2.45) is 0 Å². The molecule has 2 N–H and O–H groups in total. The number of aryl methyl sites for hydroxylation is 1. The topological polar surface area (TPSA) is 55.9 Å². The molecule has 1 aromatic heterocycles. The molecule has 0 fully saturated rings. The molecule has 1 amide bonds. The number of furan rings is 1. The average Bonchev–Trinajstić information content (AvgIpc) is 3.01. The highest BCUT2D eigenvalue weighted by Crippen LogP contribution is 2.28. The van der Waals surface area contributed by atoms with Crippen LogP contribution in [-0.4, -0.2) is 39.7 Å². The van der Waals surface area contributed by atoms with Crippen LogP contribution in [0.1, 0.15) is 21.7 Å². The maximum Gasteiger partial charge on any atom is 0.287 e. The lowest BCUT2D eigenvalue weighted by molar-refractivity contribution is -0.884. The number of amides is 1. The standard InChI is InChI=1S/C22H26N2O3/c1-15-19-13-18(26-4)10-11-20(19)27-21(15)22(25)23-14-17(24(2)3)12-16-8-6-5-7-9-16/h5-11,13,17H,12,14H2,1-4H3,(H,23,25)/p+1/t17-/m0/s1. The summed E-state index contributed by atoms with van der Waals surface area (Å²) in [4.78, 5) is 14.0. The maximum absolute atomic E-state index is 12.7. The number of methoxy groups -OCH3 is 1. The van der Waals surface area contributed by atoms with Gasteiger partial charge >= 0.3 is 0 Å². The molecule has 3 rings (SSSR count). The molecule has 0 radical (unpaired) electrons. The third-order valence-corrected chi connectivity index (χ3v) is 5.00. The first kappa shape index (κ1) is 19.0. The summed E-state index contributed by atoms with van der Waals surface area (Å²) in [5.74, 6) is 0.935. The lowest BCUT2D eigenvalue weighted by Gasteiger charge is -2.21. The van der Waals surface area contributed by atoms with E-state index >= 15 is 0 Å². The van der Waals surface area contributed by atoms with Gasteiger partial charge in [-0.1, -0.05) is 30.3 Å². The van der Waals surface area contributed by atoms with Crippen LogP contribution < -0.4 is 15.0 Å². The minimum atomic E-state index is -0.179. The predicted octanol–water partition coefficient (Wildman–Crippen LogP) is 2.24. The number of carbonyl (C=O) groups excluding carboxylic acids is 1. The molecule has 0 unspecified atom stereocenters. The number of carbonyl (C=O) groups is 1. The van der Waals surface area contributed by atoms with Gasteiger partial charge in [0.15, 0.2) is 5.76 Å². The Balaban J connectivity index is 1.72. The summed E-state index contributed by atoms with van der Waals surface area (Å²) in [7, 11) is 5.84. The lowest BCUT2D eigenvalue weighted by Crippen LogP contribution is -3.11. The molecule has 1 atom stereocenters. The normalized spacial score (nSPS) is 12.3. The summed E-state index contributed by atoms with van der Waals surface area (Å²) in [6, 6.07) is 16.2. The Morgan fingerprint density at radius 3 is 2.59 bits per heavy atom. The first-order valence-electron chi connectivity index (χ1n) is 9.19. The Kier molecular flexibility index (Phi) is 5.81. The second-order valence-electron chi connectivity index (χ2n) is 7.09. The smallest absolute Gasteiger partial charge is 0.287 e. The molecular weight excluding hydrogens is 340 g/mol. The number of rotatable bonds is 7. The van der Waals surface area contributed by atoms with Crippen LogP contribution in [-0.2, 0) is 6.42 Å². The molecule has 27 heavy (non-hydrogen) atoms. The van der Waals surface area contributed by atoms with Gasteiger partial charge in [0.05, 0.1) is 27.7 Å². The van der Waals surface area contributed by atoms with Gasteiger partial charge in [-0.05, 0) is 30.7 Å². The Morgan fingerprint density at radius 2 is 1.93 bits per heavy atom. The number of hydrogen-bond donors (Lipinski definition) is 2.